The maximum absolute atomic E-state index is 12.6. The smallest absolute Gasteiger partial charge is 0.258 e. The van der Waals surface area contributed by atoms with Crippen LogP contribution in [0.4, 0.5) is 20.2 Å². The van der Waals surface area contributed by atoms with E-state index in [-0.39, 0.29) is 0 Å². The Morgan fingerprint density at radius 3 is 2.50 bits per heavy atom. The van der Waals surface area contributed by atoms with Crippen LogP contribution in [0.15, 0.2) is 17.2 Å². The molecule has 0 aliphatic heterocycles. The molecule has 0 atom stereocenters. The summed E-state index contributed by atoms with van der Waals surface area (Å²) in [6, 6.07) is 0.826. The third-order valence-corrected chi connectivity index (χ3v) is 1.37. The van der Waals surface area contributed by atoms with Crippen molar-refractivity contribution in [3.05, 3.63) is 44.3 Å². The molecule has 0 amide bonds. The van der Waals surface area contributed by atoms with Gasteiger partial charge in [0, 0.05) is 4.91 Å². The van der Waals surface area contributed by atoms with Gasteiger partial charge in [0.1, 0.15) is 5.69 Å². The molecule has 1 aromatic rings. The van der Waals surface area contributed by atoms with E-state index >= 15 is 0 Å². The van der Waals surface area contributed by atoms with Gasteiger partial charge >= 0.3 is 0 Å². The Hall–Kier alpha value is -2.21. The summed E-state index contributed by atoms with van der Waals surface area (Å²) >= 11 is 0. The van der Waals surface area contributed by atoms with Crippen molar-refractivity contribution in [2.45, 2.75) is 0 Å². The van der Waals surface area contributed by atoms with Gasteiger partial charge in [0.05, 0.1) is 11.0 Å². The van der Waals surface area contributed by atoms with Crippen molar-refractivity contribution in [1.82, 2.24) is 0 Å². The lowest BCUT2D eigenvalue weighted by Gasteiger charge is -1.97. The average molecular weight is 200 g/mol. The second-order valence-corrected chi connectivity index (χ2v) is 2.20. The summed E-state index contributed by atoms with van der Waals surface area (Å²) in [5.74, 6) is -2.67. The highest BCUT2D eigenvalue weighted by atomic mass is 19.2. The van der Waals surface area contributed by atoms with Crippen LogP contribution in [0.5, 0.6) is 0 Å². The fraction of sp³-hybridized carbons (Fsp3) is 0. The molecule has 14 heavy (non-hydrogen) atoms. The van der Waals surface area contributed by atoms with E-state index in [4.69, 9.17) is 5.53 Å². The second kappa shape index (κ2) is 3.67. The largest absolute Gasteiger partial charge is 0.282 e. The van der Waals surface area contributed by atoms with Crippen LogP contribution < -0.4 is 0 Å². The van der Waals surface area contributed by atoms with Crippen LogP contribution in [0.3, 0.4) is 0 Å². The average Bonchev–Trinajstić information content (AvgIpc) is 2.11. The third-order valence-electron chi connectivity index (χ3n) is 1.37. The van der Waals surface area contributed by atoms with Gasteiger partial charge in [-0.3, -0.25) is 10.1 Å². The molecule has 0 aromatic heterocycles. The van der Waals surface area contributed by atoms with E-state index in [1.165, 1.54) is 0 Å². The van der Waals surface area contributed by atoms with Crippen molar-refractivity contribution in [2.24, 2.45) is 5.11 Å². The second-order valence-electron chi connectivity index (χ2n) is 2.20. The van der Waals surface area contributed by atoms with Crippen LogP contribution in [0.25, 0.3) is 10.4 Å². The summed E-state index contributed by atoms with van der Waals surface area (Å²) in [5, 5.41) is 13.2. The monoisotopic (exact) mass is 200 g/mol. The van der Waals surface area contributed by atoms with Crippen LogP contribution in [-0.4, -0.2) is 4.92 Å². The summed E-state index contributed by atoms with van der Waals surface area (Å²) in [6.07, 6.45) is 0. The van der Waals surface area contributed by atoms with E-state index < -0.39 is 27.9 Å². The van der Waals surface area contributed by atoms with E-state index in [0.717, 1.165) is 0 Å². The molecule has 0 N–H and O–H groups in total. The van der Waals surface area contributed by atoms with Crippen molar-refractivity contribution in [2.75, 3.05) is 0 Å². The van der Waals surface area contributed by atoms with E-state index in [0.29, 0.717) is 12.1 Å². The fourth-order valence-electron chi connectivity index (χ4n) is 0.800. The highest BCUT2D eigenvalue weighted by Gasteiger charge is 2.17. The molecule has 0 aliphatic carbocycles. The highest BCUT2D eigenvalue weighted by Crippen LogP contribution is 2.29. The normalized spacial score (nSPS) is 9.29. The number of nitro groups is 1. The molecule has 0 radical (unpaired) electrons. The number of hydrogen-bond acceptors (Lipinski definition) is 3. The summed E-state index contributed by atoms with van der Waals surface area (Å²) in [4.78, 5) is 11.6. The molecule has 1 rings (SSSR count). The van der Waals surface area contributed by atoms with E-state index in [1.807, 2.05) is 0 Å². The van der Waals surface area contributed by atoms with Gasteiger partial charge < -0.3 is 0 Å². The number of nitrogens with zero attached hydrogens (tertiary/aromatic N) is 4. The Kier molecular flexibility index (Phi) is 2.59. The standard InChI is InChI=1S/C6H2F2N4O2/c7-3-1-5(10-11-9)6(12(13)14)2-4(3)8/h1-2H. The third kappa shape index (κ3) is 1.75. The molecule has 0 aliphatic rings. The molecule has 0 bridgehead atoms. The number of rotatable bonds is 2. The first-order valence-corrected chi connectivity index (χ1v) is 3.25. The van der Waals surface area contributed by atoms with Crippen molar-refractivity contribution in [3.8, 4) is 0 Å². The molecular formula is C6H2F2N4O2. The van der Waals surface area contributed by atoms with Gasteiger partial charge in [-0.25, -0.2) is 8.78 Å². The summed E-state index contributed by atoms with van der Waals surface area (Å²) in [5.41, 5.74) is 6.67. The highest BCUT2D eigenvalue weighted by molar-refractivity contribution is 5.57. The molecule has 0 fully saturated rings. The molecule has 6 nitrogen and oxygen atoms in total. The molecule has 0 saturated carbocycles. The van der Waals surface area contributed by atoms with Crippen LogP contribution in [0, 0.1) is 21.7 Å². The SMILES string of the molecule is [N-]=[N+]=Nc1cc(F)c(F)cc1[N+](=O)[O-]. The Labute approximate surface area is 75.5 Å². The Balaban J connectivity index is 3.45. The van der Waals surface area contributed by atoms with Gasteiger partial charge in [-0.15, -0.1) is 0 Å². The maximum atomic E-state index is 12.6. The Bertz CT molecular complexity index is 415. The minimum atomic E-state index is -1.37. The van der Waals surface area contributed by atoms with Crippen molar-refractivity contribution < 1.29 is 13.7 Å². The molecule has 8 heteroatoms. The molecule has 0 heterocycles. The van der Waals surface area contributed by atoms with Gasteiger partial charge in [0.25, 0.3) is 5.69 Å². The Morgan fingerprint density at radius 2 is 2.00 bits per heavy atom. The van der Waals surface area contributed by atoms with Crippen LogP contribution in [0.2, 0.25) is 0 Å². The van der Waals surface area contributed by atoms with Gasteiger partial charge in [0.15, 0.2) is 11.6 Å². The number of hydrogen-bond donors (Lipinski definition) is 0. The lowest BCUT2D eigenvalue weighted by molar-refractivity contribution is -0.384. The van der Waals surface area contributed by atoms with Crippen LogP contribution >= 0.6 is 0 Å². The van der Waals surface area contributed by atoms with E-state index in [9.17, 15) is 18.9 Å². The topological polar surface area (TPSA) is 91.9 Å². The maximum Gasteiger partial charge on any atom is 0.282 e. The predicted octanol–water partition coefficient (Wildman–Crippen LogP) is 2.81. The van der Waals surface area contributed by atoms with Crippen molar-refractivity contribution >= 4 is 11.4 Å². The van der Waals surface area contributed by atoms with E-state index in [2.05, 4.69) is 10.0 Å². The Morgan fingerprint density at radius 1 is 1.43 bits per heavy atom. The minimum absolute atomic E-state index is 0.360. The molecule has 0 spiro atoms. The van der Waals surface area contributed by atoms with Crippen LogP contribution in [0.1, 0.15) is 0 Å². The number of nitro benzene ring substituents is 1. The van der Waals surface area contributed by atoms with Crippen molar-refractivity contribution in [1.29, 1.82) is 0 Å². The first kappa shape index (κ1) is 9.87. The first-order valence-electron chi connectivity index (χ1n) is 3.25. The molecule has 72 valence electrons. The summed E-state index contributed by atoms with van der Waals surface area (Å²) in [7, 11) is 0. The quantitative estimate of drug-likeness (QED) is 0.241. The number of halogens is 2. The summed E-state index contributed by atoms with van der Waals surface area (Å²) < 4.78 is 25.1. The minimum Gasteiger partial charge on any atom is -0.258 e. The zero-order valence-corrected chi connectivity index (χ0v) is 6.52. The van der Waals surface area contributed by atoms with Crippen molar-refractivity contribution in [3.63, 3.8) is 0 Å². The lowest BCUT2D eigenvalue weighted by atomic mass is 10.2. The van der Waals surface area contributed by atoms with E-state index in [1.54, 1.807) is 0 Å². The van der Waals surface area contributed by atoms with Gasteiger partial charge in [0.2, 0.25) is 0 Å². The molecule has 1 aromatic carbocycles. The van der Waals surface area contributed by atoms with Crippen LogP contribution in [-0.2, 0) is 0 Å². The van der Waals surface area contributed by atoms with Gasteiger partial charge in [-0.2, -0.15) is 0 Å². The predicted molar refractivity (Wildman–Crippen MR) is 41.8 cm³/mol. The fourth-order valence-corrected chi connectivity index (χ4v) is 0.800. The lowest BCUT2D eigenvalue weighted by Crippen LogP contribution is -1.92. The number of azide groups is 1. The van der Waals surface area contributed by atoms with Gasteiger partial charge in [-0.05, 0) is 11.6 Å². The zero-order chi connectivity index (χ0) is 10.7. The number of benzene rings is 1. The van der Waals surface area contributed by atoms with Gasteiger partial charge in [-0.1, -0.05) is 5.11 Å². The molecule has 0 unspecified atom stereocenters. The molecular weight excluding hydrogens is 198 g/mol. The first-order chi connectivity index (χ1) is 6.56. The summed E-state index contributed by atoms with van der Waals surface area (Å²) in [6.45, 7) is 0. The molecule has 0 saturated heterocycles. The zero-order valence-electron chi connectivity index (χ0n) is 6.52.